The number of nitrogens with zero attached hydrogens (tertiary/aromatic N) is 5. The lowest BCUT2D eigenvalue weighted by molar-refractivity contribution is 0.101. The lowest BCUT2D eigenvalue weighted by Crippen LogP contribution is -2.07. The van der Waals surface area contributed by atoms with Crippen molar-refractivity contribution in [3.8, 4) is 11.5 Å². The third-order valence-electron chi connectivity index (χ3n) is 4.67. The summed E-state index contributed by atoms with van der Waals surface area (Å²) in [5, 5.41) is 17.1. The third kappa shape index (κ3) is 5.54. The molecule has 0 saturated heterocycles. The average molecular weight is 431 g/mol. The number of ketones is 1. The van der Waals surface area contributed by atoms with Crippen molar-refractivity contribution in [2.24, 2.45) is 20.5 Å². The van der Waals surface area contributed by atoms with Crippen molar-refractivity contribution in [2.45, 2.75) is 6.92 Å². The van der Waals surface area contributed by atoms with Gasteiger partial charge in [-0.05, 0) is 55.5 Å². The quantitative estimate of drug-likeness (QED) is 0.290. The minimum absolute atomic E-state index is 0.00158. The highest BCUT2D eigenvalue weighted by atomic mass is 16.5. The van der Waals surface area contributed by atoms with Gasteiger partial charge in [-0.2, -0.15) is 10.2 Å². The second-order valence-electron chi connectivity index (χ2n) is 7.11. The van der Waals surface area contributed by atoms with Crippen molar-refractivity contribution in [3.63, 3.8) is 0 Å². The SMILES string of the molecule is COc1cc(N=Nc2ccc(N(C)C)cc2)c(OC)cc1N=Nc1ccc(C(C)=O)cc1. The molecule has 0 unspecified atom stereocenters. The normalized spacial score (nSPS) is 11.2. The van der Waals surface area contributed by atoms with Crippen LogP contribution in [0.15, 0.2) is 81.1 Å². The van der Waals surface area contributed by atoms with Crippen LogP contribution in [0.3, 0.4) is 0 Å². The van der Waals surface area contributed by atoms with Crippen LogP contribution in [-0.2, 0) is 0 Å². The molecular formula is C24H25N5O3. The first-order valence-electron chi connectivity index (χ1n) is 9.89. The number of anilines is 1. The summed E-state index contributed by atoms with van der Waals surface area (Å²) in [5.74, 6) is 0.963. The topological polar surface area (TPSA) is 88.2 Å². The zero-order valence-electron chi connectivity index (χ0n) is 18.7. The Morgan fingerprint density at radius 3 is 1.53 bits per heavy atom. The number of benzene rings is 3. The molecule has 0 atom stereocenters. The summed E-state index contributed by atoms with van der Waals surface area (Å²) < 4.78 is 10.9. The van der Waals surface area contributed by atoms with E-state index < -0.39 is 0 Å². The van der Waals surface area contributed by atoms with Crippen LogP contribution >= 0.6 is 0 Å². The lowest BCUT2D eigenvalue weighted by atomic mass is 10.1. The highest BCUT2D eigenvalue weighted by Crippen LogP contribution is 2.41. The van der Waals surface area contributed by atoms with E-state index in [1.165, 1.54) is 6.92 Å². The number of rotatable bonds is 8. The van der Waals surface area contributed by atoms with E-state index in [0.29, 0.717) is 34.1 Å². The molecule has 3 aromatic carbocycles. The molecule has 0 radical (unpaired) electrons. The van der Waals surface area contributed by atoms with Crippen LogP contribution in [0.4, 0.5) is 28.4 Å². The number of carbonyl (C=O) groups excluding carboxylic acids is 1. The molecule has 0 amide bonds. The van der Waals surface area contributed by atoms with Gasteiger partial charge in [-0.25, -0.2) is 0 Å². The standard InChI is InChI=1S/C24H25N5O3/c1-16(30)17-6-8-18(9-7-17)25-27-21-14-24(32-5)22(15-23(21)31-4)28-26-19-10-12-20(13-11-19)29(2)3/h6-15H,1-5H3. The molecule has 0 aliphatic rings. The first-order chi connectivity index (χ1) is 15.4. The van der Waals surface area contributed by atoms with Gasteiger partial charge in [0.25, 0.3) is 0 Å². The van der Waals surface area contributed by atoms with E-state index in [9.17, 15) is 4.79 Å². The van der Waals surface area contributed by atoms with Gasteiger partial charge in [0, 0.05) is 37.5 Å². The van der Waals surface area contributed by atoms with Gasteiger partial charge in [0.1, 0.15) is 22.9 Å². The molecule has 0 saturated carbocycles. The molecule has 0 aliphatic carbocycles. The second-order valence-corrected chi connectivity index (χ2v) is 7.11. The number of azo groups is 2. The Bertz CT molecular complexity index is 1140. The molecule has 8 nitrogen and oxygen atoms in total. The summed E-state index contributed by atoms with van der Waals surface area (Å²) in [4.78, 5) is 13.4. The molecule has 3 rings (SSSR count). The number of carbonyl (C=O) groups is 1. The highest BCUT2D eigenvalue weighted by molar-refractivity contribution is 5.94. The molecule has 0 spiro atoms. The number of Topliss-reactive ketones (excluding diaryl/α,β-unsaturated/α-hetero) is 1. The fourth-order valence-electron chi connectivity index (χ4n) is 2.83. The molecular weight excluding hydrogens is 406 g/mol. The van der Waals surface area contributed by atoms with Crippen LogP contribution in [0.25, 0.3) is 0 Å². The Morgan fingerprint density at radius 1 is 0.719 bits per heavy atom. The maximum atomic E-state index is 11.4. The molecule has 0 aromatic heterocycles. The minimum Gasteiger partial charge on any atom is -0.494 e. The van der Waals surface area contributed by atoms with E-state index in [4.69, 9.17) is 9.47 Å². The van der Waals surface area contributed by atoms with Crippen LogP contribution in [0.5, 0.6) is 11.5 Å². The minimum atomic E-state index is -0.00158. The molecule has 32 heavy (non-hydrogen) atoms. The Balaban J connectivity index is 1.86. The van der Waals surface area contributed by atoms with Crippen molar-refractivity contribution < 1.29 is 14.3 Å². The summed E-state index contributed by atoms with van der Waals surface area (Å²) in [7, 11) is 7.05. The van der Waals surface area contributed by atoms with Crippen molar-refractivity contribution >= 4 is 34.2 Å². The molecule has 0 bridgehead atoms. The number of hydrogen-bond donors (Lipinski definition) is 0. The van der Waals surface area contributed by atoms with Gasteiger partial charge in [0.15, 0.2) is 5.78 Å². The third-order valence-corrected chi connectivity index (χ3v) is 4.67. The van der Waals surface area contributed by atoms with E-state index in [1.807, 2.05) is 43.3 Å². The predicted molar refractivity (Wildman–Crippen MR) is 125 cm³/mol. The monoisotopic (exact) mass is 431 g/mol. The van der Waals surface area contributed by atoms with Gasteiger partial charge >= 0.3 is 0 Å². The maximum Gasteiger partial charge on any atom is 0.159 e. The molecule has 3 aromatic rings. The molecule has 0 heterocycles. The average Bonchev–Trinajstić information content (AvgIpc) is 2.81. The van der Waals surface area contributed by atoms with Crippen molar-refractivity contribution in [3.05, 3.63) is 66.2 Å². The Labute approximate surface area is 187 Å². The van der Waals surface area contributed by atoms with Crippen LogP contribution in [-0.4, -0.2) is 34.1 Å². The van der Waals surface area contributed by atoms with Crippen molar-refractivity contribution in [1.82, 2.24) is 0 Å². The van der Waals surface area contributed by atoms with Gasteiger partial charge in [0.05, 0.1) is 25.6 Å². The second kappa shape index (κ2) is 10.3. The predicted octanol–water partition coefficient (Wildman–Crippen LogP) is 6.80. The Morgan fingerprint density at radius 2 is 1.16 bits per heavy atom. The maximum absolute atomic E-state index is 11.4. The van der Waals surface area contributed by atoms with E-state index in [1.54, 1.807) is 50.6 Å². The van der Waals surface area contributed by atoms with Gasteiger partial charge in [-0.3, -0.25) is 4.79 Å². The zero-order valence-corrected chi connectivity index (χ0v) is 18.7. The summed E-state index contributed by atoms with van der Waals surface area (Å²) >= 11 is 0. The van der Waals surface area contributed by atoms with E-state index >= 15 is 0 Å². The summed E-state index contributed by atoms with van der Waals surface area (Å²) in [6.45, 7) is 1.52. The first kappa shape index (κ1) is 22.6. The van der Waals surface area contributed by atoms with Gasteiger partial charge in [-0.15, -0.1) is 10.2 Å². The zero-order chi connectivity index (χ0) is 23.1. The molecule has 0 aliphatic heterocycles. The number of methoxy groups -OCH3 is 2. The van der Waals surface area contributed by atoms with Crippen LogP contribution < -0.4 is 14.4 Å². The molecule has 0 N–H and O–H groups in total. The molecule has 8 heteroatoms. The van der Waals surface area contributed by atoms with Gasteiger partial charge < -0.3 is 14.4 Å². The van der Waals surface area contributed by atoms with E-state index in [-0.39, 0.29) is 5.78 Å². The fourth-order valence-corrected chi connectivity index (χ4v) is 2.83. The first-order valence-corrected chi connectivity index (χ1v) is 9.89. The van der Waals surface area contributed by atoms with Gasteiger partial charge in [0.2, 0.25) is 0 Å². The van der Waals surface area contributed by atoms with Crippen LogP contribution in [0, 0.1) is 0 Å². The largest absolute Gasteiger partial charge is 0.494 e. The number of hydrogen-bond acceptors (Lipinski definition) is 8. The molecule has 164 valence electrons. The summed E-state index contributed by atoms with van der Waals surface area (Å²) in [5.41, 5.74) is 4.01. The van der Waals surface area contributed by atoms with E-state index in [2.05, 4.69) is 20.5 Å². The lowest BCUT2D eigenvalue weighted by Gasteiger charge is -2.11. The van der Waals surface area contributed by atoms with Gasteiger partial charge in [-0.1, -0.05) is 0 Å². The highest BCUT2D eigenvalue weighted by Gasteiger charge is 2.11. The smallest absolute Gasteiger partial charge is 0.159 e. The fraction of sp³-hybridized carbons (Fsp3) is 0.208. The molecule has 0 fully saturated rings. The van der Waals surface area contributed by atoms with Crippen molar-refractivity contribution in [1.29, 1.82) is 0 Å². The number of ether oxygens (including phenoxy) is 2. The van der Waals surface area contributed by atoms with Crippen molar-refractivity contribution in [2.75, 3.05) is 33.2 Å². The summed E-state index contributed by atoms with van der Waals surface area (Å²) in [6.07, 6.45) is 0. The van der Waals surface area contributed by atoms with E-state index in [0.717, 1.165) is 11.4 Å². The Hall–Kier alpha value is -4.07. The summed E-state index contributed by atoms with van der Waals surface area (Å²) in [6, 6.07) is 18.0. The Kier molecular flexibility index (Phi) is 7.28. The van der Waals surface area contributed by atoms with Crippen LogP contribution in [0.1, 0.15) is 17.3 Å². The van der Waals surface area contributed by atoms with Crippen LogP contribution in [0.2, 0.25) is 0 Å².